The van der Waals surface area contributed by atoms with E-state index in [1.807, 2.05) is 19.1 Å². The summed E-state index contributed by atoms with van der Waals surface area (Å²) in [5.41, 5.74) is 1.85. The highest BCUT2D eigenvalue weighted by molar-refractivity contribution is 6.31. The molecular weight excluding hydrogens is 228 g/mol. The minimum absolute atomic E-state index is 0.336. The topological polar surface area (TPSA) is 46.5 Å². The fourth-order valence-corrected chi connectivity index (χ4v) is 1.60. The van der Waals surface area contributed by atoms with Crippen molar-refractivity contribution in [2.24, 2.45) is 0 Å². The summed E-state index contributed by atoms with van der Waals surface area (Å²) in [7, 11) is 0. The molecule has 0 aliphatic carbocycles. The second-order valence-electron chi connectivity index (χ2n) is 3.57. The lowest BCUT2D eigenvalue weighted by molar-refractivity contribution is -0.149. The molecule has 0 radical (unpaired) electrons. The molecule has 0 aliphatic rings. The molecule has 4 heteroatoms. The minimum atomic E-state index is -0.946. The fraction of sp³-hybridized carbons (Fsp3) is 0.417. The number of aryl methyl sites for hydroxylation is 1. The van der Waals surface area contributed by atoms with Gasteiger partial charge in [-0.15, -0.1) is 0 Å². The molecule has 0 unspecified atom stereocenters. The Morgan fingerprint density at radius 1 is 1.56 bits per heavy atom. The van der Waals surface area contributed by atoms with Gasteiger partial charge >= 0.3 is 5.97 Å². The third kappa shape index (κ3) is 3.51. The third-order valence-electron chi connectivity index (χ3n) is 2.30. The van der Waals surface area contributed by atoms with Gasteiger partial charge in [0, 0.05) is 18.1 Å². The van der Waals surface area contributed by atoms with E-state index in [0.29, 0.717) is 18.1 Å². The molecule has 0 saturated heterocycles. The fourth-order valence-electron chi connectivity index (χ4n) is 1.40. The molecule has 1 rings (SSSR count). The highest BCUT2D eigenvalue weighted by Crippen LogP contribution is 2.18. The van der Waals surface area contributed by atoms with E-state index in [2.05, 4.69) is 0 Å². The Morgan fingerprint density at radius 3 is 2.75 bits per heavy atom. The van der Waals surface area contributed by atoms with Crippen molar-refractivity contribution in [1.82, 2.24) is 0 Å². The van der Waals surface area contributed by atoms with Crippen LogP contribution >= 0.6 is 11.6 Å². The smallest absolute Gasteiger partial charge is 0.333 e. The van der Waals surface area contributed by atoms with Gasteiger partial charge in [0.1, 0.15) is 0 Å². The molecule has 0 bridgehead atoms. The van der Waals surface area contributed by atoms with E-state index in [1.54, 1.807) is 13.0 Å². The number of carbonyl (C=O) groups is 1. The van der Waals surface area contributed by atoms with E-state index in [1.165, 1.54) is 0 Å². The zero-order valence-electron chi connectivity index (χ0n) is 9.37. The van der Waals surface area contributed by atoms with Crippen LogP contribution in [0.3, 0.4) is 0 Å². The molecule has 1 aromatic carbocycles. The number of benzene rings is 1. The summed E-state index contributed by atoms with van der Waals surface area (Å²) >= 11 is 5.97. The molecule has 16 heavy (non-hydrogen) atoms. The summed E-state index contributed by atoms with van der Waals surface area (Å²) in [6.45, 7) is 4.07. The third-order valence-corrected chi connectivity index (χ3v) is 2.71. The van der Waals surface area contributed by atoms with E-state index in [-0.39, 0.29) is 0 Å². The van der Waals surface area contributed by atoms with Crippen molar-refractivity contribution in [3.63, 3.8) is 0 Å². The maximum absolute atomic E-state index is 10.9. The lowest BCUT2D eigenvalue weighted by atomic mass is 10.1. The van der Waals surface area contributed by atoms with Crippen molar-refractivity contribution in [1.29, 1.82) is 0 Å². The Kier molecular flexibility index (Phi) is 4.77. The van der Waals surface area contributed by atoms with Gasteiger partial charge in [-0.2, -0.15) is 0 Å². The highest BCUT2D eigenvalue weighted by Gasteiger charge is 2.18. The van der Waals surface area contributed by atoms with E-state index in [9.17, 15) is 4.79 Å². The molecule has 88 valence electrons. The summed E-state index contributed by atoms with van der Waals surface area (Å²) in [6.07, 6.45) is -0.466. The Hall–Kier alpha value is -1.06. The lowest BCUT2D eigenvalue weighted by Crippen LogP contribution is -2.26. The first kappa shape index (κ1) is 13.0. The number of halogens is 1. The zero-order chi connectivity index (χ0) is 12.1. The molecule has 0 aromatic heterocycles. The first-order valence-electron chi connectivity index (χ1n) is 5.14. The number of carboxylic acid groups (broad SMARTS) is 1. The average Bonchev–Trinajstić information content (AvgIpc) is 2.22. The van der Waals surface area contributed by atoms with Gasteiger partial charge < -0.3 is 9.84 Å². The Morgan fingerprint density at radius 2 is 2.25 bits per heavy atom. The van der Waals surface area contributed by atoms with Crippen LogP contribution in [0.25, 0.3) is 0 Å². The number of aliphatic carboxylic acids is 1. The average molecular weight is 243 g/mol. The highest BCUT2D eigenvalue weighted by atomic mass is 35.5. The number of carboxylic acids is 1. The van der Waals surface area contributed by atoms with Crippen LogP contribution in [0.15, 0.2) is 18.2 Å². The summed E-state index contributed by atoms with van der Waals surface area (Å²) < 4.78 is 5.13. The van der Waals surface area contributed by atoms with Gasteiger partial charge in [-0.1, -0.05) is 23.7 Å². The van der Waals surface area contributed by atoms with Crippen LogP contribution < -0.4 is 0 Å². The largest absolute Gasteiger partial charge is 0.479 e. The Labute approximate surface area is 100.0 Å². The molecule has 0 saturated carbocycles. The maximum atomic E-state index is 10.9. The van der Waals surface area contributed by atoms with Crippen LogP contribution in [0, 0.1) is 6.92 Å². The molecule has 0 spiro atoms. The summed E-state index contributed by atoms with van der Waals surface area (Å²) in [5, 5.41) is 9.58. The second-order valence-corrected chi connectivity index (χ2v) is 3.98. The summed E-state index contributed by atoms with van der Waals surface area (Å²) in [4.78, 5) is 10.9. The van der Waals surface area contributed by atoms with Gasteiger partial charge in [0.25, 0.3) is 0 Å². The van der Waals surface area contributed by atoms with Crippen molar-refractivity contribution < 1.29 is 14.6 Å². The van der Waals surface area contributed by atoms with Gasteiger partial charge in [0.15, 0.2) is 6.10 Å². The molecule has 0 heterocycles. The van der Waals surface area contributed by atoms with Crippen LogP contribution in [0.4, 0.5) is 0 Å². The van der Waals surface area contributed by atoms with E-state index in [0.717, 1.165) is 11.1 Å². The zero-order valence-corrected chi connectivity index (χ0v) is 10.1. The molecule has 1 N–H and O–H groups in total. The quantitative estimate of drug-likeness (QED) is 0.864. The number of ether oxygens (including phenoxy) is 1. The van der Waals surface area contributed by atoms with Gasteiger partial charge in [-0.05, 0) is 31.0 Å². The minimum Gasteiger partial charge on any atom is -0.479 e. The molecule has 0 fully saturated rings. The van der Waals surface area contributed by atoms with Crippen LogP contribution in [-0.2, 0) is 16.0 Å². The van der Waals surface area contributed by atoms with Crippen LogP contribution in [0.1, 0.15) is 18.1 Å². The number of rotatable bonds is 5. The van der Waals surface area contributed by atoms with E-state index >= 15 is 0 Å². The lowest BCUT2D eigenvalue weighted by Gasteiger charge is -2.12. The normalized spacial score (nSPS) is 12.4. The predicted molar refractivity (Wildman–Crippen MR) is 62.9 cm³/mol. The van der Waals surface area contributed by atoms with Crippen LogP contribution in [0.2, 0.25) is 5.02 Å². The standard InChI is InChI=1S/C12H15ClO3/c1-3-16-11(12(14)15)7-9-5-4-8(2)10(13)6-9/h4-6,11H,3,7H2,1-2H3,(H,14,15)/t11-/m0/s1. The first-order chi connectivity index (χ1) is 7.54. The Balaban J connectivity index is 2.77. The molecule has 1 aromatic rings. The molecule has 0 aliphatic heterocycles. The first-order valence-corrected chi connectivity index (χ1v) is 5.51. The van der Waals surface area contributed by atoms with Crippen molar-refractivity contribution >= 4 is 17.6 Å². The van der Waals surface area contributed by atoms with Crippen molar-refractivity contribution in [2.75, 3.05) is 6.61 Å². The summed E-state index contributed by atoms with van der Waals surface area (Å²) in [5.74, 6) is -0.946. The SMILES string of the molecule is CCO[C@@H](Cc1ccc(C)c(Cl)c1)C(=O)O. The second kappa shape index (κ2) is 5.87. The molecule has 3 nitrogen and oxygen atoms in total. The van der Waals surface area contributed by atoms with Crippen LogP contribution in [-0.4, -0.2) is 23.8 Å². The van der Waals surface area contributed by atoms with Crippen molar-refractivity contribution in [3.05, 3.63) is 34.3 Å². The van der Waals surface area contributed by atoms with Crippen molar-refractivity contribution in [2.45, 2.75) is 26.4 Å². The van der Waals surface area contributed by atoms with Gasteiger partial charge in [0.2, 0.25) is 0 Å². The molecular formula is C12H15ClO3. The summed E-state index contributed by atoms with van der Waals surface area (Å²) in [6, 6.07) is 5.53. The predicted octanol–water partition coefficient (Wildman–Crippen LogP) is 2.68. The van der Waals surface area contributed by atoms with Gasteiger partial charge in [-0.3, -0.25) is 0 Å². The monoisotopic (exact) mass is 242 g/mol. The van der Waals surface area contributed by atoms with Gasteiger partial charge in [-0.25, -0.2) is 4.79 Å². The maximum Gasteiger partial charge on any atom is 0.333 e. The molecule has 1 atom stereocenters. The number of hydrogen-bond donors (Lipinski definition) is 1. The van der Waals surface area contributed by atoms with Crippen LogP contribution in [0.5, 0.6) is 0 Å². The van der Waals surface area contributed by atoms with E-state index in [4.69, 9.17) is 21.4 Å². The van der Waals surface area contributed by atoms with E-state index < -0.39 is 12.1 Å². The van der Waals surface area contributed by atoms with Crippen molar-refractivity contribution in [3.8, 4) is 0 Å². The number of hydrogen-bond acceptors (Lipinski definition) is 2. The van der Waals surface area contributed by atoms with Gasteiger partial charge in [0.05, 0.1) is 0 Å². The Bertz CT molecular complexity index is 377. The molecule has 0 amide bonds.